The number of para-hydroxylation sites is 1. The van der Waals surface area contributed by atoms with Gasteiger partial charge in [0.2, 0.25) is 5.91 Å². The molecule has 0 unspecified atom stereocenters. The van der Waals surface area contributed by atoms with Crippen molar-refractivity contribution < 1.29 is 13.9 Å². The third-order valence-corrected chi connectivity index (χ3v) is 5.11. The second kappa shape index (κ2) is 8.29. The first-order chi connectivity index (χ1) is 13.7. The zero-order valence-corrected chi connectivity index (χ0v) is 16.0. The highest BCUT2D eigenvalue weighted by Crippen LogP contribution is 2.28. The number of likely N-dealkylation sites (tertiary alicyclic amines) is 1. The Morgan fingerprint density at radius 1 is 1.32 bits per heavy atom. The molecule has 2 aromatic heterocycles. The Morgan fingerprint density at radius 2 is 2.21 bits per heavy atom. The van der Waals surface area contributed by atoms with E-state index in [4.69, 9.17) is 9.15 Å². The largest absolute Gasteiger partial charge is 0.496 e. The standard InChI is InChI=1S/C21H24N4O3/c1-27-19-8-3-2-6-16(19)12-18-13-22-21(28-18)17-7-4-10-24(14-17)20(26)15-25-11-5-9-23-25/h2-3,5-6,8-9,11,13,17H,4,7,10,12,14-15H2,1H3/t17-/m0/s1. The maximum atomic E-state index is 12.6. The number of ether oxygens (including phenoxy) is 1. The number of carbonyl (C=O) groups is 1. The monoisotopic (exact) mass is 380 g/mol. The first kappa shape index (κ1) is 18.3. The molecule has 1 amide bonds. The lowest BCUT2D eigenvalue weighted by Crippen LogP contribution is -2.41. The highest BCUT2D eigenvalue weighted by Gasteiger charge is 2.28. The van der Waals surface area contributed by atoms with Crippen molar-refractivity contribution >= 4 is 5.91 Å². The van der Waals surface area contributed by atoms with Crippen LogP contribution < -0.4 is 4.74 Å². The van der Waals surface area contributed by atoms with Gasteiger partial charge in [-0.05, 0) is 25.0 Å². The van der Waals surface area contributed by atoms with Gasteiger partial charge in [0.1, 0.15) is 18.1 Å². The lowest BCUT2D eigenvalue weighted by Gasteiger charge is -2.31. The van der Waals surface area contributed by atoms with Crippen LogP contribution in [0.15, 0.2) is 53.3 Å². The Morgan fingerprint density at radius 3 is 3.04 bits per heavy atom. The zero-order valence-electron chi connectivity index (χ0n) is 16.0. The first-order valence-electron chi connectivity index (χ1n) is 9.54. The van der Waals surface area contributed by atoms with Crippen LogP contribution in [0.2, 0.25) is 0 Å². The number of hydrogen-bond acceptors (Lipinski definition) is 5. The average molecular weight is 380 g/mol. The van der Waals surface area contributed by atoms with Gasteiger partial charge in [0.15, 0.2) is 5.89 Å². The van der Waals surface area contributed by atoms with Crippen molar-refractivity contribution in [3.05, 3.63) is 66.1 Å². The predicted octanol–water partition coefficient (Wildman–Crippen LogP) is 2.88. The van der Waals surface area contributed by atoms with Crippen molar-refractivity contribution in [1.29, 1.82) is 0 Å². The number of methoxy groups -OCH3 is 1. The number of aromatic nitrogens is 3. The average Bonchev–Trinajstić information content (AvgIpc) is 3.41. The summed E-state index contributed by atoms with van der Waals surface area (Å²) in [4.78, 5) is 18.9. The maximum Gasteiger partial charge on any atom is 0.244 e. The molecule has 1 aliphatic rings. The van der Waals surface area contributed by atoms with Gasteiger partial charge in [-0.15, -0.1) is 0 Å². The number of benzene rings is 1. The van der Waals surface area contributed by atoms with E-state index < -0.39 is 0 Å². The Kier molecular flexibility index (Phi) is 5.41. The second-order valence-electron chi connectivity index (χ2n) is 7.04. The fourth-order valence-corrected chi connectivity index (χ4v) is 3.67. The molecule has 3 heterocycles. The predicted molar refractivity (Wildman–Crippen MR) is 103 cm³/mol. The van der Waals surface area contributed by atoms with E-state index in [2.05, 4.69) is 10.1 Å². The maximum absolute atomic E-state index is 12.6. The van der Waals surface area contributed by atoms with Crippen molar-refractivity contribution in [2.75, 3.05) is 20.2 Å². The summed E-state index contributed by atoms with van der Waals surface area (Å²) in [5, 5.41) is 4.11. The summed E-state index contributed by atoms with van der Waals surface area (Å²) in [6.45, 7) is 1.67. The van der Waals surface area contributed by atoms with Gasteiger partial charge >= 0.3 is 0 Å². The smallest absolute Gasteiger partial charge is 0.244 e. The van der Waals surface area contributed by atoms with Crippen LogP contribution in [0.1, 0.15) is 36.0 Å². The summed E-state index contributed by atoms with van der Waals surface area (Å²) < 4.78 is 13.1. The molecule has 1 aromatic carbocycles. The number of rotatable bonds is 6. The normalized spacial score (nSPS) is 16.9. The molecular formula is C21H24N4O3. The van der Waals surface area contributed by atoms with Crippen LogP contribution >= 0.6 is 0 Å². The SMILES string of the molecule is COc1ccccc1Cc1cnc([C@H]2CCCN(C(=O)Cn3cccn3)C2)o1. The molecule has 146 valence electrons. The quantitative estimate of drug-likeness (QED) is 0.657. The van der Waals surface area contributed by atoms with Crippen molar-refractivity contribution in [2.24, 2.45) is 0 Å². The number of oxazole rings is 1. The van der Waals surface area contributed by atoms with Gasteiger partial charge in [0.25, 0.3) is 0 Å². The van der Waals surface area contributed by atoms with Gasteiger partial charge < -0.3 is 14.1 Å². The number of hydrogen-bond donors (Lipinski definition) is 0. The lowest BCUT2D eigenvalue weighted by molar-refractivity contribution is -0.133. The Balaban J connectivity index is 1.41. The van der Waals surface area contributed by atoms with Gasteiger partial charge in [0.05, 0.1) is 19.2 Å². The fraction of sp³-hybridized carbons (Fsp3) is 0.381. The minimum atomic E-state index is 0.0780. The van der Waals surface area contributed by atoms with E-state index in [1.807, 2.05) is 35.2 Å². The molecule has 7 heteroatoms. The van der Waals surface area contributed by atoms with Crippen LogP contribution in [0.3, 0.4) is 0 Å². The van der Waals surface area contributed by atoms with E-state index in [9.17, 15) is 4.79 Å². The molecule has 0 aliphatic carbocycles. The molecule has 1 atom stereocenters. The van der Waals surface area contributed by atoms with E-state index in [0.717, 1.165) is 36.5 Å². The second-order valence-corrected chi connectivity index (χ2v) is 7.04. The summed E-state index contributed by atoms with van der Waals surface area (Å²) in [7, 11) is 1.67. The molecule has 7 nitrogen and oxygen atoms in total. The molecular weight excluding hydrogens is 356 g/mol. The van der Waals surface area contributed by atoms with Gasteiger partial charge in [0, 0.05) is 37.5 Å². The summed E-state index contributed by atoms with van der Waals surface area (Å²) in [5.41, 5.74) is 1.06. The van der Waals surface area contributed by atoms with E-state index in [1.165, 1.54) is 0 Å². The minimum absolute atomic E-state index is 0.0780. The Labute approximate surface area is 163 Å². The highest BCUT2D eigenvalue weighted by atomic mass is 16.5. The first-order valence-corrected chi connectivity index (χ1v) is 9.54. The Hall–Kier alpha value is -3.09. The fourth-order valence-electron chi connectivity index (χ4n) is 3.67. The van der Waals surface area contributed by atoms with Crippen molar-refractivity contribution in [3.8, 4) is 5.75 Å². The van der Waals surface area contributed by atoms with Crippen LogP contribution in [0.25, 0.3) is 0 Å². The summed E-state index contributed by atoms with van der Waals surface area (Å²) in [6, 6.07) is 9.72. The molecule has 1 saturated heterocycles. The lowest BCUT2D eigenvalue weighted by atomic mass is 9.98. The van der Waals surface area contributed by atoms with Crippen LogP contribution in [0, 0.1) is 0 Å². The number of amides is 1. The van der Waals surface area contributed by atoms with Gasteiger partial charge in [-0.2, -0.15) is 5.10 Å². The highest BCUT2D eigenvalue weighted by molar-refractivity contribution is 5.76. The number of carbonyl (C=O) groups excluding carboxylic acids is 1. The van der Waals surface area contributed by atoms with E-state index >= 15 is 0 Å². The third kappa shape index (κ3) is 4.08. The molecule has 0 spiro atoms. The molecule has 3 aromatic rings. The van der Waals surface area contributed by atoms with Gasteiger partial charge in [-0.1, -0.05) is 18.2 Å². The summed E-state index contributed by atoms with van der Waals surface area (Å²) >= 11 is 0. The molecule has 0 N–H and O–H groups in total. The molecule has 0 radical (unpaired) electrons. The summed E-state index contributed by atoms with van der Waals surface area (Å²) in [6.07, 6.45) is 7.82. The van der Waals surface area contributed by atoms with Crippen LogP contribution in [0.4, 0.5) is 0 Å². The molecule has 28 heavy (non-hydrogen) atoms. The Bertz CT molecular complexity index is 919. The number of nitrogens with zero attached hydrogens (tertiary/aromatic N) is 4. The van der Waals surface area contributed by atoms with Crippen LogP contribution in [0.5, 0.6) is 5.75 Å². The van der Waals surface area contributed by atoms with Gasteiger partial charge in [-0.25, -0.2) is 4.98 Å². The minimum Gasteiger partial charge on any atom is -0.496 e. The van der Waals surface area contributed by atoms with Crippen LogP contribution in [-0.4, -0.2) is 45.8 Å². The van der Waals surface area contributed by atoms with Gasteiger partial charge in [-0.3, -0.25) is 9.48 Å². The molecule has 1 fully saturated rings. The molecule has 4 rings (SSSR count). The molecule has 0 saturated carbocycles. The van der Waals surface area contributed by atoms with E-state index in [1.54, 1.807) is 30.4 Å². The molecule has 0 bridgehead atoms. The van der Waals surface area contributed by atoms with Crippen molar-refractivity contribution in [2.45, 2.75) is 31.7 Å². The van der Waals surface area contributed by atoms with Crippen molar-refractivity contribution in [1.82, 2.24) is 19.7 Å². The third-order valence-electron chi connectivity index (χ3n) is 5.11. The molecule has 1 aliphatic heterocycles. The van der Waals surface area contributed by atoms with E-state index in [-0.39, 0.29) is 18.4 Å². The number of piperidine rings is 1. The topological polar surface area (TPSA) is 73.4 Å². The summed E-state index contributed by atoms with van der Waals surface area (Å²) in [5.74, 6) is 2.56. The van der Waals surface area contributed by atoms with E-state index in [0.29, 0.717) is 18.9 Å². The van der Waals surface area contributed by atoms with Crippen LogP contribution in [-0.2, 0) is 17.8 Å². The van der Waals surface area contributed by atoms with Crippen molar-refractivity contribution in [3.63, 3.8) is 0 Å². The zero-order chi connectivity index (χ0) is 19.3.